The van der Waals surface area contributed by atoms with Crippen LogP contribution in [0.5, 0.6) is 0 Å². The zero-order chi connectivity index (χ0) is 13.7. The smallest absolute Gasteiger partial charge is 0.260 e. The Hall–Kier alpha value is -2.08. The van der Waals surface area contributed by atoms with Crippen LogP contribution in [0.3, 0.4) is 0 Å². The third-order valence-corrected chi connectivity index (χ3v) is 2.80. The highest BCUT2D eigenvalue weighted by molar-refractivity contribution is 6.03. The molecular weight excluding hydrogens is 244 g/mol. The molecule has 0 aliphatic rings. The third-order valence-electron chi connectivity index (χ3n) is 2.80. The number of amides is 1. The van der Waals surface area contributed by atoms with Gasteiger partial charge in [0, 0.05) is 12.6 Å². The third kappa shape index (κ3) is 3.23. The molecule has 0 unspecified atom stereocenters. The van der Waals surface area contributed by atoms with Crippen molar-refractivity contribution in [1.29, 1.82) is 0 Å². The summed E-state index contributed by atoms with van der Waals surface area (Å²) in [4.78, 5) is 12.0. The van der Waals surface area contributed by atoms with Crippen molar-refractivity contribution in [3.63, 3.8) is 0 Å². The Labute approximate surface area is 111 Å². The van der Waals surface area contributed by atoms with Crippen LogP contribution in [-0.4, -0.2) is 15.7 Å². The predicted molar refractivity (Wildman–Crippen MR) is 71.7 cm³/mol. The van der Waals surface area contributed by atoms with Crippen molar-refractivity contribution in [3.8, 4) is 0 Å². The number of furan rings is 1. The fourth-order valence-electron chi connectivity index (χ4n) is 1.72. The average Bonchev–Trinajstić information content (AvgIpc) is 3.05. The number of hydrogen-bond acceptors (Lipinski definition) is 4. The van der Waals surface area contributed by atoms with Gasteiger partial charge in [-0.15, -0.1) is 0 Å². The van der Waals surface area contributed by atoms with Gasteiger partial charge in [-0.25, -0.2) is 4.68 Å². The first-order valence-electron chi connectivity index (χ1n) is 6.35. The lowest BCUT2D eigenvalue weighted by molar-refractivity contribution is 0.102. The van der Waals surface area contributed by atoms with E-state index in [-0.39, 0.29) is 12.5 Å². The molecule has 0 saturated heterocycles. The largest absolute Gasteiger partial charge is 0.467 e. The molecule has 2 heterocycles. The van der Waals surface area contributed by atoms with Gasteiger partial charge in [0.25, 0.3) is 5.91 Å². The second-order valence-electron chi connectivity index (χ2n) is 4.25. The SMILES string of the molecule is CCCCn1nccc1NC(=O)c1coc(CN)c1. The Morgan fingerprint density at radius 1 is 1.58 bits per heavy atom. The van der Waals surface area contributed by atoms with Crippen molar-refractivity contribution >= 4 is 11.7 Å². The summed E-state index contributed by atoms with van der Waals surface area (Å²) in [6, 6.07) is 3.42. The highest BCUT2D eigenvalue weighted by Gasteiger charge is 2.12. The van der Waals surface area contributed by atoms with Crippen molar-refractivity contribution in [3.05, 3.63) is 35.9 Å². The topological polar surface area (TPSA) is 86.1 Å². The minimum Gasteiger partial charge on any atom is -0.467 e. The molecule has 102 valence electrons. The van der Waals surface area contributed by atoms with Crippen LogP contribution in [0.15, 0.2) is 29.0 Å². The molecule has 6 nitrogen and oxygen atoms in total. The maximum Gasteiger partial charge on any atom is 0.260 e. The van der Waals surface area contributed by atoms with Crippen LogP contribution in [0, 0.1) is 0 Å². The lowest BCUT2D eigenvalue weighted by atomic mass is 10.3. The Bertz CT molecular complexity index is 544. The maximum atomic E-state index is 12.0. The molecule has 0 aliphatic heterocycles. The van der Waals surface area contributed by atoms with Gasteiger partial charge >= 0.3 is 0 Å². The van der Waals surface area contributed by atoms with Crippen molar-refractivity contribution in [1.82, 2.24) is 9.78 Å². The summed E-state index contributed by atoms with van der Waals surface area (Å²) in [5, 5.41) is 6.99. The van der Waals surface area contributed by atoms with E-state index in [1.807, 2.05) is 0 Å². The minimum absolute atomic E-state index is 0.221. The van der Waals surface area contributed by atoms with E-state index < -0.39 is 0 Å². The van der Waals surface area contributed by atoms with E-state index in [1.54, 1.807) is 23.0 Å². The van der Waals surface area contributed by atoms with Crippen LogP contribution in [0.25, 0.3) is 0 Å². The number of anilines is 1. The van der Waals surface area contributed by atoms with E-state index in [0.29, 0.717) is 17.1 Å². The van der Waals surface area contributed by atoms with E-state index in [2.05, 4.69) is 17.3 Å². The zero-order valence-corrected chi connectivity index (χ0v) is 10.9. The number of carbonyl (C=O) groups is 1. The van der Waals surface area contributed by atoms with E-state index in [4.69, 9.17) is 10.2 Å². The van der Waals surface area contributed by atoms with Gasteiger partial charge in [-0.3, -0.25) is 4.79 Å². The van der Waals surface area contributed by atoms with Crippen molar-refractivity contribution in [2.75, 3.05) is 5.32 Å². The first kappa shape index (κ1) is 13.4. The van der Waals surface area contributed by atoms with Crippen LogP contribution in [0.1, 0.15) is 35.9 Å². The normalized spacial score (nSPS) is 10.6. The molecule has 0 saturated carbocycles. The molecule has 3 N–H and O–H groups in total. The number of nitrogens with two attached hydrogens (primary N) is 1. The fourth-order valence-corrected chi connectivity index (χ4v) is 1.72. The first-order chi connectivity index (χ1) is 9.24. The van der Waals surface area contributed by atoms with Crippen molar-refractivity contribution in [2.24, 2.45) is 5.73 Å². The molecule has 6 heteroatoms. The lowest BCUT2D eigenvalue weighted by Gasteiger charge is -2.07. The Balaban J connectivity index is 2.04. The van der Waals surface area contributed by atoms with Crippen LogP contribution in [0.4, 0.5) is 5.82 Å². The summed E-state index contributed by atoms with van der Waals surface area (Å²) in [5.41, 5.74) is 5.90. The standard InChI is InChI=1S/C13H18N4O2/c1-2-3-6-17-12(4-5-15-17)16-13(18)10-7-11(8-14)19-9-10/h4-5,7,9H,2-3,6,8,14H2,1H3,(H,16,18). The molecule has 2 rings (SSSR count). The summed E-state index contributed by atoms with van der Waals surface area (Å²) < 4.78 is 6.92. The molecular formula is C13H18N4O2. The molecule has 0 radical (unpaired) electrons. The summed E-state index contributed by atoms with van der Waals surface area (Å²) in [6.45, 7) is 3.18. The Kier molecular flexibility index (Phi) is 4.35. The highest BCUT2D eigenvalue weighted by atomic mass is 16.3. The van der Waals surface area contributed by atoms with E-state index in [9.17, 15) is 4.79 Å². The van der Waals surface area contributed by atoms with E-state index in [0.717, 1.165) is 19.4 Å². The van der Waals surface area contributed by atoms with Crippen molar-refractivity contribution < 1.29 is 9.21 Å². The number of hydrogen-bond donors (Lipinski definition) is 2. The van der Waals surface area contributed by atoms with Crippen LogP contribution >= 0.6 is 0 Å². The number of aromatic nitrogens is 2. The molecule has 2 aromatic heterocycles. The summed E-state index contributed by atoms with van der Waals surface area (Å²) >= 11 is 0. The molecule has 1 amide bonds. The molecule has 19 heavy (non-hydrogen) atoms. The monoisotopic (exact) mass is 262 g/mol. The van der Waals surface area contributed by atoms with E-state index in [1.165, 1.54) is 6.26 Å². The summed E-state index contributed by atoms with van der Waals surface area (Å²) in [7, 11) is 0. The molecule has 0 fully saturated rings. The van der Waals surface area contributed by atoms with Gasteiger partial charge in [0.05, 0.1) is 18.3 Å². The van der Waals surface area contributed by atoms with Gasteiger partial charge < -0.3 is 15.5 Å². The Morgan fingerprint density at radius 2 is 2.42 bits per heavy atom. The minimum atomic E-state index is -0.221. The number of unbranched alkanes of at least 4 members (excludes halogenated alkanes) is 1. The number of nitrogens with zero attached hydrogens (tertiary/aromatic N) is 2. The first-order valence-corrected chi connectivity index (χ1v) is 6.35. The molecule has 0 aromatic carbocycles. The van der Waals surface area contributed by atoms with Gasteiger partial charge in [-0.2, -0.15) is 5.10 Å². The van der Waals surface area contributed by atoms with E-state index >= 15 is 0 Å². The van der Waals surface area contributed by atoms with Gasteiger partial charge in [-0.05, 0) is 12.5 Å². The predicted octanol–water partition coefficient (Wildman–Crippen LogP) is 1.99. The van der Waals surface area contributed by atoms with Crippen LogP contribution in [0.2, 0.25) is 0 Å². The van der Waals surface area contributed by atoms with Gasteiger partial charge in [-0.1, -0.05) is 13.3 Å². The van der Waals surface area contributed by atoms with Crippen molar-refractivity contribution in [2.45, 2.75) is 32.9 Å². The number of carbonyl (C=O) groups excluding carboxylic acids is 1. The van der Waals surface area contributed by atoms with Gasteiger partial charge in [0.1, 0.15) is 17.8 Å². The fraction of sp³-hybridized carbons (Fsp3) is 0.385. The zero-order valence-electron chi connectivity index (χ0n) is 10.9. The summed E-state index contributed by atoms with van der Waals surface area (Å²) in [6.07, 6.45) is 5.18. The molecule has 2 aromatic rings. The molecule has 0 spiro atoms. The van der Waals surface area contributed by atoms with Crippen LogP contribution < -0.4 is 11.1 Å². The number of rotatable bonds is 6. The maximum absolute atomic E-state index is 12.0. The molecule has 0 aliphatic carbocycles. The lowest BCUT2D eigenvalue weighted by Crippen LogP contribution is -2.15. The van der Waals surface area contributed by atoms with Gasteiger partial charge in [0.15, 0.2) is 0 Å². The number of nitrogens with one attached hydrogen (secondary N) is 1. The second kappa shape index (κ2) is 6.19. The second-order valence-corrected chi connectivity index (χ2v) is 4.25. The molecule has 0 bridgehead atoms. The number of aryl methyl sites for hydroxylation is 1. The van der Waals surface area contributed by atoms with Gasteiger partial charge in [0.2, 0.25) is 0 Å². The highest BCUT2D eigenvalue weighted by Crippen LogP contribution is 2.12. The Morgan fingerprint density at radius 3 is 3.11 bits per heavy atom. The molecule has 0 atom stereocenters. The quantitative estimate of drug-likeness (QED) is 0.833. The summed E-state index contributed by atoms with van der Waals surface area (Å²) in [5.74, 6) is 1.06. The van der Waals surface area contributed by atoms with Crippen LogP contribution in [-0.2, 0) is 13.1 Å². The average molecular weight is 262 g/mol.